The number of fused-ring (bicyclic) bond motifs is 12. The lowest BCUT2D eigenvalue weighted by molar-refractivity contribution is 0.670. The molecule has 0 N–H and O–H groups in total. The highest BCUT2D eigenvalue weighted by Crippen LogP contribution is 2.64. The second-order valence-electron chi connectivity index (χ2n) is 18.3. The second kappa shape index (κ2) is 16.0. The van der Waals surface area contributed by atoms with Crippen molar-refractivity contribution in [3.63, 3.8) is 0 Å². The molecule has 0 bridgehead atoms. The maximum absolute atomic E-state index is 7.44. The number of para-hydroxylation sites is 6. The van der Waals surface area contributed by atoms with Gasteiger partial charge in [-0.25, -0.2) is 0 Å². The number of hydrogen-bond acceptors (Lipinski definition) is 3. The van der Waals surface area contributed by atoms with Crippen LogP contribution in [0, 0.1) is 0 Å². The van der Waals surface area contributed by atoms with Crippen molar-refractivity contribution in [2.75, 3.05) is 9.80 Å². The molecule has 70 heavy (non-hydrogen) atoms. The van der Waals surface area contributed by atoms with E-state index in [0.717, 1.165) is 66.9 Å². The molecule has 2 aliphatic rings. The summed E-state index contributed by atoms with van der Waals surface area (Å²) < 4.78 is 7.44. The van der Waals surface area contributed by atoms with Gasteiger partial charge in [0.25, 0.3) is 0 Å². The molecule has 0 saturated heterocycles. The van der Waals surface area contributed by atoms with E-state index in [9.17, 15) is 0 Å². The maximum atomic E-state index is 7.44. The van der Waals surface area contributed by atoms with Crippen LogP contribution in [0.3, 0.4) is 0 Å². The molecule has 3 nitrogen and oxygen atoms in total. The Morgan fingerprint density at radius 2 is 0.800 bits per heavy atom. The van der Waals surface area contributed by atoms with E-state index in [1.54, 1.807) is 0 Å². The van der Waals surface area contributed by atoms with Gasteiger partial charge in [0.15, 0.2) is 5.58 Å². The van der Waals surface area contributed by atoms with Gasteiger partial charge >= 0.3 is 0 Å². The fourth-order valence-electron chi connectivity index (χ4n) is 11.8. The van der Waals surface area contributed by atoms with E-state index in [1.807, 2.05) is 0 Å². The molecule has 0 saturated carbocycles. The van der Waals surface area contributed by atoms with E-state index in [4.69, 9.17) is 4.42 Å². The zero-order valence-corrected chi connectivity index (χ0v) is 38.2. The highest BCUT2D eigenvalue weighted by Gasteiger charge is 2.52. The van der Waals surface area contributed by atoms with E-state index in [-0.39, 0.29) is 0 Å². The van der Waals surface area contributed by atoms with Crippen LogP contribution < -0.4 is 9.80 Å². The van der Waals surface area contributed by atoms with Crippen LogP contribution in [-0.2, 0) is 5.41 Å². The molecular formula is C67H44N2O. The molecule has 0 atom stereocenters. The lowest BCUT2D eigenvalue weighted by atomic mass is 9.64. The van der Waals surface area contributed by atoms with Gasteiger partial charge in [-0.3, -0.25) is 0 Å². The Kier molecular flexibility index (Phi) is 9.11. The molecule has 11 aromatic carbocycles. The van der Waals surface area contributed by atoms with Crippen LogP contribution >= 0.6 is 0 Å². The predicted molar refractivity (Wildman–Crippen MR) is 290 cm³/mol. The molecule has 2 heterocycles. The standard InChI is InChI=1S/C67H44N2O/c1-4-21-45(22-5-1)46-41-43-49(44-42-46)68(60-37-15-11-27-50(60)47-23-6-2-7-24-47)63-40-20-32-54-53-31-18-30-52(65(53)70-66(54)63)51-29-19-36-59-64(51)55-28-10-12-33-56(55)67(59)57-34-13-16-38-61(57)69(48-25-8-3-9-26-48)62-39-17-14-35-58(62)67/h1-44H. The largest absolute Gasteiger partial charge is 0.453 e. The molecule has 3 heteroatoms. The predicted octanol–water partition coefficient (Wildman–Crippen LogP) is 18.2. The zero-order valence-electron chi connectivity index (χ0n) is 38.2. The lowest BCUT2D eigenvalue weighted by Crippen LogP contribution is -2.36. The molecule has 12 aromatic rings. The minimum Gasteiger partial charge on any atom is -0.453 e. The number of rotatable bonds is 7. The Labute approximate surface area is 407 Å². The summed E-state index contributed by atoms with van der Waals surface area (Å²) in [6, 6.07) is 96.9. The summed E-state index contributed by atoms with van der Waals surface area (Å²) >= 11 is 0. The first-order valence-electron chi connectivity index (χ1n) is 24.1. The third-order valence-electron chi connectivity index (χ3n) is 14.7. The minimum atomic E-state index is -0.571. The summed E-state index contributed by atoms with van der Waals surface area (Å²) in [5, 5.41) is 2.15. The van der Waals surface area contributed by atoms with E-state index in [1.165, 1.54) is 55.9 Å². The summed E-state index contributed by atoms with van der Waals surface area (Å²) in [4.78, 5) is 4.81. The Hall–Kier alpha value is -9.18. The Morgan fingerprint density at radius 3 is 1.51 bits per heavy atom. The van der Waals surface area contributed by atoms with Gasteiger partial charge in [-0.1, -0.05) is 218 Å². The summed E-state index contributed by atoms with van der Waals surface area (Å²) in [5.41, 5.74) is 22.1. The normalized spacial score (nSPS) is 12.9. The topological polar surface area (TPSA) is 19.6 Å². The minimum absolute atomic E-state index is 0.571. The number of benzene rings is 11. The first kappa shape index (κ1) is 39.9. The first-order valence-corrected chi connectivity index (χ1v) is 24.1. The lowest BCUT2D eigenvalue weighted by Gasteiger charge is -2.45. The average molecular weight is 893 g/mol. The molecular weight excluding hydrogens is 849 g/mol. The van der Waals surface area contributed by atoms with Crippen molar-refractivity contribution in [2.24, 2.45) is 0 Å². The van der Waals surface area contributed by atoms with Gasteiger partial charge in [0, 0.05) is 33.3 Å². The highest BCUT2D eigenvalue weighted by atomic mass is 16.3. The Balaban J connectivity index is 0.993. The fourth-order valence-corrected chi connectivity index (χ4v) is 11.8. The van der Waals surface area contributed by atoms with Gasteiger partial charge in [-0.15, -0.1) is 0 Å². The van der Waals surface area contributed by atoms with Crippen molar-refractivity contribution >= 4 is 56.1 Å². The highest BCUT2D eigenvalue weighted by molar-refractivity contribution is 6.15. The molecule has 1 aromatic heterocycles. The van der Waals surface area contributed by atoms with Gasteiger partial charge in [0.1, 0.15) is 5.58 Å². The first-order chi connectivity index (χ1) is 34.8. The van der Waals surface area contributed by atoms with E-state index in [2.05, 4.69) is 277 Å². The quantitative estimate of drug-likeness (QED) is 0.159. The van der Waals surface area contributed by atoms with Crippen LogP contribution in [0.15, 0.2) is 271 Å². The van der Waals surface area contributed by atoms with Crippen molar-refractivity contribution < 1.29 is 4.42 Å². The average Bonchev–Trinajstić information content (AvgIpc) is 3.97. The molecule has 14 rings (SSSR count). The number of furan rings is 1. The molecule has 1 aliphatic heterocycles. The Morgan fingerprint density at radius 1 is 0.314 bits per heavy atom. The van der Waals surface area contributed by atoms with Crippen molar-refractivity contribution in [2.45, 2.75) is 5.41 Å². The number of anilines is 6. The monoisotopic (exact) mass is 892 g/mol. The van der Waals surface area contributed by atoms with Crippen LogP contribution in [-0.4, -0.2) is 0 Å². The summed E-state index contributed by atoms with van der Waals surface area (Å²) in [5.74, 6) is 0. The Bertz CT molecular complexity index is 3900. The number of hydrogen-bond donors (Lipinski definition) is 0. The van der Waals surface area contributed by atoms with Crippen molar-refractivity contribution in [3.05, 3.63) is 289 Å². The van der Waals surface area contributed by atoms with Crippen molar-refractivity contribution in [1.82, 2.24) is 0 Å². The van der Waals surface area contributed by atoms with Crippen LogP contribution in [0.1, 0.15) is 22.3 Å². The molecule has 0 radical (unpaired) electrons. The molecule has 328 valence electrons. The maximum Gasteiger partial charge on any atom is 0.159 e. The van der Waals surface area contributed by atoms with E-state index < -0.39 is 5.41 Å². The van der Waals surface area contributed by atoms with Crippen LogP contribution in [0.5, 0.6) is 0 Å². The van der Waals surface area contributed by atoms with E-state index in [0.29, 0.717) is 0 Å². The smallest absolute Gasteiger partial charge is 0.159 e. The molecule has 0 fully saturated rings. The van der Waals surface area contributed by atoms with Gasteiger partial charge in [0.05, 0.1) is 28.2 Å². The summed E-state index contributed by atoms with van der Waals surface area (Å²) in [7, 11) is 0. The summed E-state index contributed by atoms with van der Waals surface area (Å²) in [6.07, 6.45) is 0. The third kappa shape index (κ3) is 5.88. The molecule has 0 amide bonds. The van der Waals surface area contributed by atoms with Gasteiger partial charge in [-0.05, 0) is 104 Å². The molecule has 1 aliphatic carbocycles. The number of nitrogens with zero attached hydrogens (tertiary/aromatic N) is 2. The molecule has 1 spiro atoms. The van der Waals surface area contributed by atoms with Crippen LogP contribution in [0.25, 0.3) is 66.4 Å². The third-order valence-corrected chi connectivity index (χ3v) is 14.7. The van der Waals surface area contributed by atoms with Crippen LogP contribution in [0.4, 0.5) is 34.1 Å². The van der Waals surface area contributed by atoms with Crippen LogP contribution in [0.2, 0.25) is 0 Å². The molecule has 0 unspecified atom stereocenters. The fraction of sp³-hybridized carbons (Fsp3) is 0.0149. The van der Waals surface area contributed by atoms with Gasteiger partial charge in [0.2, 0.25) is 0 Å². The van der Waals surface area contributed by atoms with E-state index >= 15 is 0 Å². The summed E-state index contributed by atoms with van der Waals surface area (Å²) in [6.45, 7) is 0. The zero-order chi connectivity index (χ0) is 46.2. The van der Waals surface area contributed by atoms with Gasteiger partial charge in [-0.2, -0.15) is 0 Å². The SMILES string of the molecule is c1ccc(-c2ccc(N(c3ccccc3-c3ccccc3)c3cccc4c3oc3c(-c5cccc6c5-c5ccccc5C65c6ccccc6N(c6ccccc6)c6ccccc65)cccc34)cc2)cc1. The van der Waals surface area contributed by atoms with Crippen molar-refractivity contribution in [1.29, 1.82) is 0 Å². The second-order valence-corrected chi connectivity index (χ2v) is 18.3. The van der Waals surface area contributed by atoms with Crippen molar-refractivity contribution in [3.8, 4) is 44.5 Å². The van der Waals surface area contributed by atoms with Gasteiger partial charge < -0.3 is 14.2 Å².